The van der Waals surface area contributed by atoms with Gasteiger partial charge in [0.25, 0.3) is 0 Å². The molecular formula is C28H28FN5O3. The summed E-state index contributed by atoms with van der Waals surface area (Å²) in [6.07, 6.45) is 4.93. The van der Waals surface area contributed by atoms with Crippen LogP contribution in [-0.4, -0.2) is 38.0 Å². The Morgan fingerprint density at radius 3 is 2.54 bits per heavy atom. The van der Waals surface area contributed by atoms with Crippen LogP contribution in [0.1, 0.15) is 43.7 Å². The minimum atomic E-state index is -1.09. The van der Waals surface area contributed by atoms with Gasteiger partial charge in [0.2, 0.25) is 11.8 Å². The molecular weight excluding hydrogens is 473 g/mol. The molecule has 4 aromatic rings. The van der Waals surface area contributed by atoms with Crippen molar-refractivity contribution in [2.75, 3.05) is 4.90 Å². The molecule has 9 heteroatoms. The summed E-state index contributed by atoms with van der Waals surface area (Å²) >= 11 is 0. The highest BCUT2D eigenvalue weighted by atomic mass is 19.1. The maximum atomic E-state index is 14.4. The maximum absolute atomic E-state index is 14.4. The Bertz CT molecular complexity index is 1400. The van der Waals surface area contributed by atoms with E-state index in [4.69, 9.17) is 0 Å². The normalized spacial score (nSPS) is 14.8. The van der Waals surface area contributed by atoms with E-state index >= 15 is 0 Å². The van der Waals surface area contributed by atoms with Crippen LogP contribution in [0.5, 0.6) is 5.75 Å². The van der Waals surface area contributed by atoms with E-state index in [9.17, 15) is 19.1 Å². The molecule has 0 aliphatic heterocycles. The van der Waals surface area contributed by atoms with Crippen LogP contribution < -0.4 is 10.2 Å². The number of anilines is 1. The van der Waals surface area contributed by atoms with Gasteiger partial charge in [-0.05, 0) is 60.9 Å². The van der Waals surface area contributed by atoms with Crippen molar-refractivity contribution in [1.82, 2.24) is 20.3 Å². The number of carbonyl (C=O) groups is 2. The molecule has 0 radical (unpaired) electrons. The molecule has 2 N–H and O–H groups in total. The molecule has 2 amide bonds. The van der Waals surface area contributed by atoms with Gasteiger partial charge in [-0.2, -0.15) is 0 Å². The van der Waals surface area contributed by atoms with Gasteiger partial charge in [-0.15, -0.1) is 5.10 Å². The standard InChI is InChI=1S/C28H28FN5O3/c29-20-7-6-10-22(17-20)34(26(36)18-33-25-12-5-4-11-24(25)31-32-33)27(19-13-15-23(35)16-14-19)28(37)30-21-8-2-1-3-9-21/h4-7,10-17,21,27,35H,1-3,8-9,18H2,(H,30,37)/t27-/m1/s1. The molecule has 0 saturated heterocycles. The zero-order valence-electron chi connectivity index (χ0n) is 20.3. The van der Waals surface area contributed by atoms with Crippen LogP contribution in [0, 0.1) is 5.82 Å². The van der Waals surface area contributed by atoms with Crippen LogP contribution in [0.4, 0.5) is 10.1 Å². The van der Waals surface area contributed by atoms with E-state index in [0.29, 0.717) is 16.6 Å². The second-order valence-corrected chi connectivity index (χ2v) is 9.32. The molecule has 190 valence electrons. The number of benzene rings is 3. The Morgan fingerprint density at radius 1 is 1.03 bits per heavy atom. The van der Waals surface area contributed by atoms with Crippen molar-refractivity contribution in [2.24, 2.45) is 0 Å². The molecule has 5 rings (SSSR count). The lowest BCUT2D eigenvalue weighted by molar-refractivity contribution is -0.127. The average molecular weight is 502 g/mol. The number of phenolic OH excluding ortho intramolecular Hbond substituents is 1. The number of aromatic hydroxyl groups is 1. The van der Waals surface area contributed by atoms with Crippen molar-refractivity contribution < 1.29 is 19.1 Å². The lowest BCUT2D eigenvalue weighted by Gasteiger charge is -2.33. The topological polar surface area (TPSA) is 100 Å². The molecule has 3 aromatic carbocycles. The Hall–Kier alpha value is -4.27. The zero-order chi connectivity index (χ0) is 25.8. The zero-order valence-corrected chi connectivity index (χ0v) is 20.3. The number of amides is 2. The minimum Gasteiger partial charge on any atom is -0.508 e. The SMILES string of the molecule is O=C(NC1CCCCC1)[C@@H](c1ccc(O)cc1)N(C(=O)Cn1nnc2ccccc21)c1cccc(F)c1. The molecule has 1 heterocycles. The van der Waals surface area contributed by atoms with Crippen LogP contribution >= 0.6 is 0 Å². The van der Waals surface area contributed by atoms with E-state index in [0.717, 1.165) is 32.1 Å². The van der Waals surface area contributed by atoms with Crippen molar-refractivity contribution in [3.63, 3.8) is 0 Å². The highest BCUT2D eigenvalue weighted by molar-refractivity contribution is 6.01. The summed E-state index contributed by atoms with van der Waals surface area (Å²) in [4.78, 5) is 29.1. The second-order valence-electron chi connectivity index (χ2n) is 9.32. The third-order valence-electron chi connectivity index (χ3n) is 6.73. The number of phenols is 1. The van der Waals surface area contributed by atoms with E-state index in [-0.39, 0.29) is 29.9 Å². The molecule has 0 bridgehead atoms. The number of rotatable bonds is 7. The van der Waals surface area contributed by atoms with Crippen molar-refractivity contribution in [3.05, 3.63) is 84.2 Å². The number of halogens is 1. The highest BCUT2D eigenvalue weighted by Gasteiger charge is 2.34. The van der Waals surface area contributed by atoms with E-state index in [1.807, 2.05) is 18.2 Å². The first-order chi connectivity index (χ1) is 18.0. The van der Waals surface area contributed by atoms with Gasteiger partial charge in [-0.25, -0.2) is 9.07 Å². The van der Waals surface area contributed by atoms with Crippen molar-refractivity contribution in [3.8, 4) is 5.75 Å². The fraction of sp³-hybridized carbons (Fsp3) is 0.286. The predicted molar refractivity (Wildman–Crippen MR) is 137 cm³/mol. The number of nitrogens with zero attached hydrogens (tertiary/aromatic N) is 4. The Kier molecular flexibility index (Phi) is 7.11. The van der Waals surface area contributed by atoms with E-state index in [1.54, 1.807) is 24.3 Å². The van der Waals surface area contributed by atoms with Gasteiger partial charge < -0.3 is 10.4 Å². The van der Waals surface area contributed by atoms with E-state index in [1.165, 1.54) is 39.9 Å². The first-order valence-electron chi connectivity index (χ1n) is 12.4. The van der Waals surface area contributed by atoms with E-state index < -0.39 is 17.8 Å². The third-order valence-corrected chi connectivity index (χ3v) is 6.73. The van der Waals surface area contributed by atoms with Crippen LogP contribution in [0.3, 0.4) is 0 Å². The molecule has 8 nitrogen and oxygen atoms in total. The monoisotopic (exact) mass is 501 g/mol. The first kappa shape index (κ1) is 24.4. The van der Waals surface area contributed by atoms with E-state index in [2.05, 4.69) is 15.6 Å². The van der Waals surface area contributed by atoms with Gasteiger partial charge in [0.1, 0.15) is 29.7 Å². The number of carbonyl (C=O) groups excluding carboxylic acids is 2. The predicted octanol–water partition coefficient (Wildman–Crippen LogP) is 4.50. The number of nitrogens with one attached hydrogen (secondary N) is 1. The van der Waals surface area contributed by atoms with Gasteiger partial charge in [-0.1, -0.05) is 54.8 Å². The summed E-state index contributed by atoms with van der Waals surface area (Å²) in [6, 6.07) is 17.9. The molecule has 1 fully saturated rings. The minimum absolute atomic E-state index is 0.00425. The summed E-state index contributed by atoms with van der Waals surface area (Å²) in [5, 5.41) is 21.2. The summed E-state index contributed by atoms with van der Waals surface area (Å²) in [7, 11) is 0. The number of para-hydroxylation sites is 1. The molecule has 1 aliphatic rings. The van der Waals surface area contributed by atoms with Gasteiger partial charge in [0, 0.05) is 11.7 Å². The number of hydrogen-bond donors (Lipinski definition) is 2. The molecule has 0 unspecified atom stereocenters. The molecule has 1 saturated carbocycles. The largest absolute Gasteiger partial charge is 0.508 e. The van der Waals surface area contributed by atoms with Crippen molar-refractivity contribution >= 4 is 28.5 Å². The summed E-state index contributed by atoms with van der Waals surface area (Å²) in [5.74, 6) is -1.32. The van der Waals surface area contributed by atoms with Crippen LogP contribution in [-0.2, 0) is 16.1 Å². The van der Waals surface area contributed by atoms with Gasteiger partial charge >= 0.3 is 0 Å². The first-order valence-corrected chi connectivity index (χ1v) is 12.4. The molecule has 1 atom stereocenters. The Balaban J connectivity index is 1.56. The summed E-state index contributed by atoms with van der Waals surface area (Å²) in [5.41, 5.74) is 2.04. The molecule has 1 aromatic heterocycles. The van der Waals surface area contributed by atoms with Crippen LogP contribution in [0.25, 0.3) is 11.0 Å². The fourth-order valence-electron chi connectivity index (χ4n) is 4.90. The maximum Gasteiger partial charge on any atom is 0.249 e. The lowest BCUT2D eigenvalue weighted by Crippen LogP contribution is -2.48. The smallest absolute Gasteiger partial charge is 0.249 e. The lowest BCUT2D eigenvalue weighted by atomic mass is 9.94. The number of aromatic nitrogens is 3. The fourth-order valence-corrected chi connectivity index (χ4v) is 4.90. The van der Waals surface area contributed by atoms with Crippen LogP contribution in [0.2, 0.25) is 0 Å². The van der Waals surface area contributed by atoms with Gasteiger partial charge in [0.05, 0.1) is 5.52 Å². The quantitative estimate of drug-likeness (QED) is 0.388. The van der Waals surface area contributed by atoms with Crippen molar-refractivity contribution in [1.29, 1.82) is 0 Å². The van der Waals surface area contributed by atoms with Gasteiger partial charge in [0.15, 0.2) is 0 Å². The van der Waals surface area contributed by atoms with Crippen LogP contribution in [0.15, 0.2) is 72.8 Å². The summed E-state index contributed by atoms with van der Waals surface area (Å²) < 4.78 is 15.8. The summed E-state index contributed by atoms with van der Waals surface area (Å²) in [6.45, 7) is -0.206. The molecule has 0 spiro atoms. The third kappa shape index (κ3) is 5.45. The molecule has 37 heavy (non-hydrogen) atoms. The molecule has 1 aliphatic carbocycles. The van der Waals surface area contributed by atoms with Crippen molar-refractivity contribution in [2.45, 2.75) is 50.7 Å². The average Bonchev–Trinajstić information content (AvgIpc) is 3.31. The second kappa shape index (κ2) is 10.8. The van der Waals surface area contributed by atoms with Gasteiger partial charge in [-0.3, -0.25) is 14.5 Å². The number of hydrogen-bond acceptors (Lipinski definition) is 5. The Morgan fingerprint density at radius 2 is 1.78 bits per heavy atom. The highest BCUT2D eigenvalue weighted by Crippen LogP contribution is 2.31. The number of fused-ring (bicyclic) bond motifs is 1. The Labute approximate surface area is 213 Å².